The van der Waals surface area contributed by atoms with Crippen LogP contribution in [0.2, 0.25) is 0 Å². The van der Waals surface area contributed by atoms with Crippen molar-refractivity contribution in [2.24, 2.45) is 0 Å². The quantitative estimate of drug-likeness (QED) is 0.703. The molecule has 3 atom stereocenters. The van der Waals surface area contributed by atoms with Crippen molar-refractivity contribution in [1.29, 1.82) is 5.26 Å². The van der Waals surface area contributed by atoms with Crippen LogP contribution in [0.3, 0.4) is 0 Å². The minimum Gasteiger partial charge on any atom is -0.325 e. The van der Waals surface area contributed by atoms with Crippen molar-refractivity contribution in [3.05, 3.63) is 58.7 Å². The van der Waals surface area contributed by atoms with E-state index < -0.39 is 10.0 Å². The molecule has 0 unspecified atom stereocenters. The number of nitrogens with zero attached hydrogens (tertiary/aromatic N) is 2. The predicted octanol–water partition coefficient (Wildman–Crippen LogP) is 3.37. The normalized spacial score (nSPS) is 22.8. The number of rotatable bonds is 5. The van der Waals surface area contributed by atoms with Crippen molar-refractivity contribution in [2.75, 3.05) is 17.8 Å². The minimum atomic E-state index is -3.67. The molecule has 1 amide bonds. The molecule has 0 saturated carbocycles. The van der Waals surface area contributed by atoms with E-state index in [2.05, 4.69) is 16.1 Å². The van der Waals surface area contributed by atoms with Gasteiger partial charge in [-0.3, -0.25) is 9.52 Å². The highest BCUT2D eigenvalue weighted by Gasteiger charge is 2.38. The molecule has 174 valence electrons. The van der Waals surface area contributed by atoms with E-state index in [-0.39, 0.29) is 28.8 Å². The van der Waals surface area contributed by atoms with Crippen LogP contribution in [0.15, 0.2) is 41.3 Å². The van der Waals surface area contributed by atoms with E-state index in [0.29, 0.717) is 25.2 Å². The van der Waals surface area contributed by atoms with E-state index in [0.717, 1.165) is 35.1 Å². The summed E-state index contributed by atoms with van der Waals surface area (Å²) >= 11 is 0. The van der Waals surface area contributed by atoms with Gasteiger partial charge in [-0.15, -0.1) is 0 Å². The van der Waals surface area contributed by atoms with Gasteiger partial charge in [0.05, 0.1) is 17.0 Å². The van der Waals surface area contributed by atoms with E-state index in [1.54, 1.807) is 29.2 Å². The molecule has 0 aliphatic carbocycles. The Hall–Kier alpha value is -2.89. The summed E-state index contributed by atoms with van der Waals surface area (Å²) in [4.78, 5) is 14.9. The van der Waals surface area contributed by atoms with Gasteiger partial charge in [-0.2, -0.15) is 5.26 Å². The molecular weight excluding hydrogens is 436 g/mol. The Morgan fingerprint density at radius 1 is 1.15 bits per heavy atom. The minimum absolute atomic E-state index is 0.0133. The summed E-state index contributed by atoms with van der Waals surface area (Å²) in [5, 5.41) is 12.7. The monoisotopic (exact) mass is 466 g/mol. The van der Waals surface area contributed by atoms with Crippen molar-refractivity contribution < 1.29 is 13.2 Å². The SMILES string of the molecule is Cc1ccc(S(=O)(=O)Nc2cc(C)c([C@@H]3CN[C@H](C(=O)N4CCC[C@H]4C#N)C3)c(C)c2)cc1. The van der Waals surface area contributed by atoms with Crippen molar-refractivity contribution in [3.63, 3.8) is 0 Å². The van der Waals surface area contributed by atoms with Gasteiger partial charge >= 0.3 is 0 Å². The first kappa shape index (κ1) is 23.3. The van der Waals surface area contributed by atoms with Crippen LogP contribution < -0.4 is 10.0 Å². The molecular formula is C25H30N4O3S. The molecule has 0 radical (unpaired) electrons. The van der Waals surface area contributed by atoms with E-state index in [4.69, 9.17) is 0 Å². The Morgan fingerprint density at radius 3 is 2.45 bits per heavy atom. The standard InChI is InChI=1S/C25H30N4O3S/c1-16-6-8-22(9-7-16)33(31,32)28-20-11-17(2)24(18(3)12-20)19-13-23(27-15-19)25(30)29-10-4-5-21(29)14-26/h6-9,11-12,19,21,23,27-28H,4-5,10,13,15H2,1-3H3/t19-,21-,23-/m0/s1. The first-order valence-electron chi connectivity index (χ1n) is 11.3. The van der Waals surface area contributed by atoms with Crippen LogP contribution in [0.1, 0.15) is 47.4 Å². The second-order valence-electron chi connectivity index (χ2n) is 9.15. The first-order valence-corrected chi connectivity index (χ1v) is 12.8. The lowest BCUT2D eigenvalue weighted by atomic mass is 9.88. The molecule has 0 aromatic heterocycles. The maximum absolute atomic E-state index is 13.0. The number of likely N-dealkylation sites (tertiary alicyclic amines) is 1. The number of sulfonamides is 1. The van der Waals surface area contributed by atoms with Gasteiger partial charge in [0.15, 0.2) is 0 Å². The third-order valence-electron chi connectivity index (χ3n) is 6.70. The topological polar surface area (TPSA) is 102 Å². The number of amides is 1. The van der Waals surface area contributed by atoms with Crippen LogP contribution in [0, 0.1) is 32.1 Å². The van der Waals surface area contributed by atoms with Crippen LogP contribution in [-0.4, -0.2) is 44.4 Å². The Kier molecular flexibility index (Phi) is 6.46. The Balaban J connectivity index is 1.49. The van der Waals surface area contributed by atoms with Gasteiger partial charge in [-0.05, 0) is 86.9 Å². The highest BCUT2D eigenvalue weighted by atomic mass is 32.2. The Labute approximate surface area is 195 Å². The number of benzene rings is 2. The van der Waals surface area contributed by atoms with Gasteiger partial charge in [0.2, 0.25) is 5.91 Å². The zero-order valence-corrected chi connectivity index (χ0v) is 20.1. The number of hydrogen-bond acceptors (Lipinski definition) is 5. The molecule has 2 aromatic rings. The zero-order chi connectivity index (χ0) is 23.8. The Morgan fingerprint density at radius 2 is 1.82 bits per heavy atom. The number of nitrogens with one attached hydrogen (secondary N) is 2. The van der Waals surface area contributed by atoms with Crippen LogP contribution in [-0.2, 0) is 14.8 Å². The summed E-state index contributed by atoms with van der Waals surface area (Å²) in [6.07, 6.45) is 2.29. The van der Waals surface area contributed by atoms with Crippen LogP contribution in [0.4, 0.5) is 5.69 Å². The summed E-state index contributed by atoms with van der Waals surface area (Å²) in [5.41, 5.74) is 4.66. The van der Waals surface area contributed by atoms with E-state index in [1.807, 2.05) is 32.9 Å². The summed E-state index contributed by atoms with van der Waals surface area (Å²) in [6, 6.07) is 12.1. The molecule has 0 spiro atoms. The summed E-state index contributed by atoms with van der Waals surface area (Å²) < 4.78 is 28.3. The van der Waals surface area contributed by atoms with Crippen molar-refractivity contribution in [2.45, 2.75) is 62.9 Å². The van der Waals surface area contributed by atoms with Crippen molar-refractivity contribution in [1.82, 2.24) is 10.2 Å². The molecule has 2 N–H and O–H groups in total. The molecule has 0 bridgehead atoms. The number of aryl methyl sites for hydroxylation is 3. The molecule has 2 aliphatic rings. The van der Waals surface area contributed by atoms with Gasteiger partial charge < -0.3 is 10.2 Å². The highest BCUT2D eigenvalue weighted by molar-refractivity contribution is 7.92. The molecule has 8 heteroatoms. The number of carbonyl (C=O) groups is 1. The van der Waals surface area contributed by atoms with Gasteiger partial charge in [-0.25, -0.2) is 8.42 Å². The van der Waals surface area contributed by atoms with Crippen LogP contribution >= 0.6 is 0 Å². The highest BCUT2D eigenvalue weighted by Crippen LogP contribution is 2.34. The average Bonchev–Trinajstić information content (AvgIpc) is 3.42. The molecule has 2 heterocycles. The lowest BCUT2D eigenvalue weighted by Crippen LogP contribution is -2.45. The lowest BCUT2D eigenvalue weighted by Gasteiger charge is -2.23. The predicted molar refractivity (Wildman–Crippen MR) is 127 cm³/mol. The summed E-state index contributed by atoms with van der Waals surface area (Å²) in [6.45, 7) is 7.20. The average molecular weight is 467 g/mol. The maximum atomic E-state index is 13.0. The van der Waals surface area contributed by atoms with Gasteiger partial charge in [0.25, 0.3) is 10.0 Å². The van der Waals surface area contributed by atoms with Gasteiger partial charge in [0, 0.05) is 18.8 Å². The second kappa shape index (κ2) is 9.16. The first-order chi connectivity index (χ1) is 15.7. The molecule has 7 nitrogen and oxygen atoms in total. The molecule has 4 rings (SSSR count). The van der Waals surface area contributed by atoms with E-state index in [1.165, 1.54) is 0 Å². The Bertz CT molecular complexity index is 1180. The fraction of sp³-hybridized carbons (Fsp3) is 0.440. The van der Waals surface area contributed by atoms with Crippen LogP contribution in [0.25, 0.3) is 0 Å². The fourth-order valence-electron chi connectivity index (χ4n) is 5.12. The third kappa shape index (κ3) is 4.75. The number of hydrogen-bond donors (Lipinski definition) is 2. The van der Waals surface area contributed by atoms with E-state index >= 15 is 0 Å². The van der Waals surface area contributed by atoms with E-state index in [9.17, 15) is 18.5 Å². The summed E-state index contributed by atoms with van der Waals surface area (Å²) in [7, 11) is -3.67. The molecule has 33 heavy (non-hydrogen) atoms. The number of nitriles is 1. The largest absolute Gasteiger partial charge is 0.325 e. The fourth-order valence-corrected chi connectivity index (χ4v) is 6.16. The number of carbonyl (C=O) groups excluding carboxylic acids is 1. The lowest BCUT2D eigenvalue weighted by molar-refractivity contribution is -0.133. The third-order valence-corrected chi connectivity index (χ3v) is 8.10. The molecule has 2 aromatic carbocycles. The number of anilines is 1. The molecule has 2 aliphatic heterocycles. The maximum Gasteiger partial charge on any atom is 0.261 e. The second-order valence-corrected chi connectivity index (χ2v) is 10.8. The van der Waals surface area contributed by atoms with Gasteiger partial charge in [-0.1, -0.05) is 17.7 Å². The summed E-state index contributed by atoms with van der Waals surface area (Å²) in [5.74, 6) is 0.171. The van der Waals surface area contributed by atoms with Gasteiger partial charge in [0.1, 0.15) is 6.04 Å². The molecule has 2 fully saturated rings. The van der Waals surface area contributed by atoms with Crippen molar-refractivity contribution in [3.8, 4) is 6.07 Å². The van der Waals surface area contributed by atoms with Crippen LogP contribution in [0.5, 0.6) is 0 Å². The zero-order valence-electron chi connectivity index (χ0n) is 19.3. The molecule has 2 saturated heterocycles. The van der Waals surface area contributed by atoms with Crippen molar-refractivity contribution >= 4 is 21.6 Å². The smallest absolute Gasteiger partial charge is 0.261 e.